The van der Waals surface area contributed by atoms with Crippen molar-refractivity contribution in [2.24, 2.45) is 10.7 Å². The summed E-state index contributed by atoms with van der Waals surface area (Å²) in [7, 11) is 0. The van der Waals surface area contributed by atoms with Crippen LogP contribution in [0.15, 0.2) is 23.2 Å². The van der Waals surface area contributed by atoms with Gasteiger partial charge in [-0.1, -0.05) is 6.07 Å². The van der Waals surface area contributed by atoms with Crippen molar-refractivity contribution < 1.29 is 17.6 Å². The molecule has 2 N–H and O–H groups in total. The predicted molar refractivity (Wildman–Crippen MR) is 72.2 cm³/mol. The van der Waals surface area contributed by atoms with Crippen molar-refractivity contribution in [1.82, 2.24) is 4.90 Å². The van der Waals surface area contributed by atoms with Crippen LogP contribution in [0.4, 0.5) is 17.6 Å². The molecule has 0 aromatic heterocycles. The lowest BCUT2D eigenvalue weighted by Crippen LogP contribution is -2.40. The number of rotatable bonds is 2. The van der Waals surface area contributed by atoms with Crippen molar-refractivity contribution in [1.29, 1.82) is 0 Å². The Balaban J connectivity index is 2.15. The van der Waals surface area contributed by atoms with E-state index in [0.717, 1.165) is 44.5 Å². The fourth-order valence-electron chi connectivity index (χ4n) is 2.34. The molecule has 7 heteroatoms. The van der Waals surface area contributed by atoms with Crippen LogP contribution in [0.5, 0.6) is 0 Å². The molecule has 1 aromatic rings. The van der Waals surface area contributed by atoms with Crippen LogP contribution in [0.25, 0.3) is 0 Å². The maximum atomic E-state index is 13.0. The van der Waals surface area contributed by atoms with Gasteiger partial charge in [0.1, 0.15) is 5.82 Å². The van der Waals surface area contributed by atoms with Gasteiger partial charge in [-0.05, 0) is 37.0 Å². The molecule has 1 saturated heterocycles. The number of hydrogen-bond donors (Lipinski definition) is 1. The Labute approximate surface area is 120 Å². The summed E-state index contributed by atoms with van der Waals surface area (Å²) in [6.07, 6.45) is -1.48. The third kappa shape index (κ3) is 4.09. The van der Waals surface area contributed by atoms with Crippen molar-refractivity contribution in [3.63, 3.8) is 0 Å². The second-order valence-electron chi connectivity index (χ2n) is 5.02. The Kier molecular flexibility index (Phi) is 4.69. The van der Waals surface area contributed by atoms with E-state index in [9.17, 15) is 17.6 Å². The first-order valence-electron chi connectivity index (χ1n) is 6.78. The number of alkyl halides is 3. The Morgan fingerprint density at radius 1 is 1.19 bits per heavy atom. The molecule has 21 heavy (non-hydrogen) atoms. The second-order valence-corrected chi connectivity index (χ2v) is 5.02. The molecule has 0 radical (unpaired) electrons. The maximum absolute atomic E-state index is 13.0. The average molecular weight is 303 g/mol. The van der Waals surface area contributed by atoms with Crippen LogP contribution < -0.4 is 5.73 Å². The molecule has 0 unspecified atom stereocenters. The number of hydrogen-bond acceptors (Lipinski definition) is 1. The normalized spacial score (nSPS) is 17.1. The minimum atomic E-state index is -4.60. The smallest absolute Gasteiger partial charge is 0.370 e. The van der Waals surface area contributed by atoms with E-state index in [1.54, 1.807) is 0 Å². The van der Waals surface area contributed by atoms with Crippen LogP contribution in [-0.4, -0.2) is 23.9 Å². The summed E-state index contributed by atoms with van der Waals surface area (Å²) >= 11 is 0. The minimum absolute atomic E-state index is 0.0798. The predicted octanol–water partition coefficient (Wildman–Crippen LogP) is 3.15. The van der Waals surface area contributed by atoms with Gasteiger partial charge in [-0.15, -0.1) is 0 Å². The van der Waals surface area contributed by atoms with Gasteiger partial charge in [0.2, 0.25) is 0 Å². The zero-order chi connectivity index (χ0) is 15.5. The highest BCUT2D eigenvalue weighted by molar-refractivity contribution is 5.78. The molecule has 0 bridgehead atoms. The molecule has 0 amide bonds. The van der Waals surface area contributed by atoms with Crippen LogP contribution in [0, 0.1) is 5.82 Å². The van der Waals surface area contributed by atoms with Gasteiger partial charge in [-0.3, -0.25) is 0 Å². The largest absolute Gasteiger partial charge is 0.416 e. The van der Waals surface area contributed by atoms with E-state index < -0.39 is 17.6 Å². The molecule has 1 aliphatic heterocycles. The molecular formula is C14H17F4N3. The lowest BCUT2D eigenvalue weighted by atomic mass is 10.1. The van der Waals surface area contributed by atoms with Crippen LogP contribution >= 0.6 is 0 Å². The summed E-state index contributed by atoms with van der Waals surface area (Å²) in [6, 6.07) is 2.59. The summed E-state index contributed by atoms with van der Waals surface area (Å²) in [4.78, 5) is 5.88. The van der Waals surface area contributed by atoms with Gasteiger partial charge < -0.3 is 10.6 Å². The summed E-state index contributed by atoms with van der Waals surface area (Å²) in [6.45, 7) is 1.33. The van der Waals surface area contributed by atoms with Gasteiger partial charge in [-0.25, -0.2) is 9.38 Å². The fraction of sp³-hybridized carbons (Fsp3) is 0.500. The Bertz CT molecular complexity index is 519. The molecule has 1 aliphatic rings. The van der Waals surface area contributed by atoms with Gasteiger partial charge >= 0.3 is 6.18 Å². The molecule has 2 rings (SSSR count). The molecule has 1 heterocycles. The van der Waals surface area contributed by atoms with Gasteiger partial charge in [0.25, 0.3) is 0 Å². The van der Waals surface area contributed by atoms with E-state index in [1.807, 2.05) is 4.90 Å². The molecule has 0 aliphatic carbocycles. The molecule has 0 spiro atoms. The van der Waals surface area contributed by atoms with Gasteiger partial charge in [-0.2, -0.15) is 13.2 Å². The lowest BCUT2D eigenvalue weighted by Gasteiger charge is -2.27. The number of benzene rings is 1. The van der Waals surface area contributed by atoms with Gasteiger partial charge in [0.15, 0.2) is 5.96 Å². The molecule has 1 fully saturated rings. The van der Waals surface area contributed by atoms with E-state index in [-0.39, 0.29) is 18.1 Å². The lowest BCUT2D eigenvalue weighted by molar-refractivity contribution is -0.138. The highest BCUT2D eigenvalue weighted by Crippen LogP contribution is 2.32. The number of nitrogens with two attached hydrogens (primary N) is 1. The van der Waals surface area contributed by atoms with Crippen molar-refractivity contribution in [3.8, 4) is 0 Å². The molecule has 3 nitrogen and oxygen atoms in total. The summed E-state index contributed by atoms with van der Waals surface area (Å²) in [5.74, 6) is -0.675. The molecule has 116 valence electrons. The van der Waals surface area contributed by atoms with Crippen LogP contribution in [0.1, 0.15) is 30.4 Å². The molecule has 1 aromatic carbocycles. The molecule has 0 saturated carbocycles. The van der Waals surface area contributed by atoms with Crippen LogP contribution in [-0.2, 0) is 12.7 Å². The first-order valence-corrected chi connectivity index (χ1v) is 6.78. The number of guanidine groups is 1. The first-order chi connectivity index (χ1) is 9.88. The summed E-state index contributed by atoms with van der Waals surface area (Å²) < 4.78 is 51.6. The van der Waals surface area contributed by atoms with E-state index in [4.69, 9.17) is 5.73 Å². The Morgan fingerprint density at radius 2 is 1.86 bits per heavy atom. The van der Waals surface area contributed by atoms with E-state index >= 15 is 0 Å². The number of aliphatic imine (C=N–C) groups is 1. The topological polar surface area (TPSA) is 41.6 Å². The SMILES string of the molecule is NC(=NCc1ccc(F)cc1C(F)(F)F)N1CCCCC1. The number of halogens is 4. The van der Waals surface area contributed by atoms with Crippen molar-refractivity contribution >= 4 is 5.96 Å². The minimum Gasteiger partial charge on any atom is -0.370 e. The number of piperidine rings is 1. The zero-order valence-electron chi connectivity index (χ0n) is 11.5. The highest BCUT2D eigenvalue weighted by Gasteiger charge is 2.33. The second kappa shape index (κ2) is 6.32. The average Bonchev–Trinajstić information content (AvgIpc) is 2.45. The monoisotopic (exact) mass is 303 g/mol. The zero-order valence-corrected chi connectivity index (χ0v) is 11.5. The molecule has 0 atom stereocenters. The van der Waals surface area contributed by atoms with E-state index in [2.05, 4.69) is 4.99 Å². The standard InChI is InChI=1S/C14H17F4N3/c15-11-5-4-10(12(8-11)14(16,17)18)9-20-13(19)21-6-2-1-3-7-21/h4-5,8H,1-3,6-7,9H2,(H2,19,20). The third-order valence-electron chi connectivity index (χ3n) is 3.47. The van der Waals surface area contributed by atoms with Crippen molar-refractivity contribution in [2.45, 2.75) is 32.0 Å². The Morgan fingerprint density at radius 3 is 2.48 bits per heavy atom. The van der Waals surface area contributed by atoms with Crippen LogP contribution in [0.3, 0.4) is 0 Å². The van der Waals surface area contributed by atoms with Gasteiger partial charge in [0.05, 0.1) is 12.1 Å². The maximum Gasteiger partial charge on any atom is 0.416 e. The quantitative estimate of drug-likeness (QED) is 0.518. The number of likely N-dealkylation sites (tertiary alicyclic amines) is 1. The van der Waals surface area contributed by atoms with Gasteiger partial charge in [0, 0.05) is 13.1 Å². The van der Waals surface area contributed by atoms with Crippen LogP contribution in [0.2, 0.25) is 0 Å². The van der Waals surface area contributed by atoms with Crippen molar-refractivity contribution in [2.75, 3.05) is 13.1 Å². The fourth-order valence-corrected chi connectivity index (χ4v) is 2.34. The van der Waals surface area contributed by atoms with Crippen molar-refractivity contribution in [3.05, 3.63) is 35.1 Å². The van der Waals surface area contributed by atoms with E-state index in [0.29, 0.717) is 6.07 Å². The summed E-state index contributed by atoms with van der Waals surface area (Å²) in [5.41, 5.74) is 4.72. The first kappa shape index (κ1) is 15.6. The van der Waals surface area contributed by atoms with E-state index in [1.165, 1.54) is 0 Å². The third-order valence-corrected chi connectivity index (χ3v) is 3.47. The highest BCUT2D eigenvalue weighted by atomic mass is 19.4. The summed E-state index contributed by atoms with van der Waals surface area (Å²) in [5, 5.41) is 0. The number of nitrogens with zero attached hydrogens (tertiary/aromatic N) is 2. The molecular weight excluding hydrogens is 286 g/mol. The Hall–Kier alpha value is -1.79.